The van der Waals surface area contributed by atoms with Crippen LogP contribution in [0.3, 0.4) is 0 Å². The molecule has 0 unspecified atom stereocenters. The molecule has 1 rings (SSSR count). The molecule has 0 N–H and O–H groups in total. The van der Waals surface area contributed by atoms with Gasteiger partial charge in [0.1, 0.15) is 16.7 Å². The molecule has 0 saturated heterocycles. The predicted octanol–water partition coefficient (Wildman–Crippen LogP) is 2.72. The van der Waals surface area contributed by atoms with Crippen molar-refractivity contribution in [3.63, 3.8) is 0 Å². The molecule has 14 heavy (non-hydrogen) atoms. The number of hydrogen-bond donors (Lipinski definition) is 0. The summed E-state index contributed by atoms with van der Waals surface area (Å²) in [6.07, 6.45) is 1.59. The number of anilines is 1. The van der Waals surface area contributed by atoms with Crippen molar-refractivity contribution in [1.29, 1.82) is 0 Å². The molecule has 0 atom stereocenters. The number of aromatic nitrogens is 2. The van der Waals surface area contributed by atoms with E-state index in [0.717, 1.165) is 23.5 Å². The van der Waals surface area contributed by atoms with Crippen LogP contribution in [0.5, 0.6) is 0 Å². The lowest BCUT2D eigenvalue weighted by atomic mass is 10.2. The van der Waals surface area contributed by atoms with E-state index in [4.69, 9.17) is 0 Å². The predicted molar refractivity (Wildman–Crippen MR) is 62.5 cm³/mol. The molecule has 0 amide bonds. The molecular formula is C10H16BrN3. The Morgan fingerprint density at radius 1 is 1.43 bits per heavy atom. The van der Waals surface area contributed by atoms with Gasteiger partial charge < -0.3 is 4.90 Å². The normalized spacial score (nSPS) is 10.6. The average Bonchev–Trinajstić information content (AvgIpc) is 2.14. The van der Waals surface area contributed by atoms with E-state index in [2.05, 4.69) is 51.6 Å². The van der Waals surface area contributed by atoms with Crippen molar-refractivity contribution in [3.05, 3.63) is 17.0 Å². The van der Waals surface area contributed by atoms with Gasteiger partial charge in [-0.25, -0.2) is 9.97 Å². The Hall–Kier alpha value is -0.640. The molecule has 0 aliphatic rings. The molecule has 0 aromatic carbocycles. The molecule has 4 heteroatoms. The second kappa shape index (κ2) is 5.29. The highest BCUT2D eigenvalue weighted by atomic mass is 79.9. The molecule has 0 bridgehead atoms. The number of hydrogen-bond acceptors (Lipinski definition) is 3. The summed E-state index contributed by atoms with van der Waals surface area (Å²) in [4.78, 5) is 10.5. The SMILES string of the molecule is CCN(CC(C)C)c1cc(Br)ncn1. The molecule has 1 heterocycles. The maximum absolute atomic E-state index is 4.25. The van der Waals surface area contributed by atoms with E-state index in [1.807, 2.05) is 6.07 Å². The van der Waals surface area contributed by atoms with Gasteiger partial charge in [-0.1, -0.05) is 13.8 Å². The minimum absolute atomic E-state index is 0.642. The molecule has 0 aliphatic carbocycles. The van der Waals surface area contributed by atoms with Gasteiger partial charge in [0.15, 0.2) is 0 Å². The van der Waals surface area contributed by atoms with Crippen molar-refractivity contribution in [2.24, 2.45) is 5.92 Å². The van der Waals surface area contributed by atoms with Gasteiger partial charge in [0.25, 0.3) is 0 Å². The highest BCUT2D eigenvalue weighted by Gasteiger charge is 2.07. The van der Waals surface area contributed by atoms with Crippen molar-refractivity contribution in [1.82, 2.24) is 9.97 Å². The molecule has 0 spiro atoms. The highest BCUT2D eigenvalue weighted by Crippen LogP contribution is 2.15. The molecule has 1 aromatic rings. The maximum Gasteiger partial charge on any atom is 0.133 e. The first-order valence-electron chi connectivity index (χ1n) is 4.86. The largest absolute Gasteiger partial charge is 0.357 e. The van der Waals surface area contributed by atoms with E-state index >= 15 is 0 Å². The minimum Gasteiger partial charge on any atom is -0.357 e. The summed E-state index contributed by atoms with van der Waals surface area (Å²) in [6, 6.07) is 1.95. The summed E-state index contributed by atoms with van der Waals surface area (Å²) in [7, 11) is 0. The quantitative estimate of drug-likeness (QED) is 0.777. The Balaban J connectivity index is 2.78. The summed E-state index contributed by atoms with van der Waals surface area (Å²) in [6.45, 7) is 8.55. The summed E-state index contributed by atoms with van der Waals surface area (Å²) in [5, 5.41) is 0. The van der Waals surface area contributed by atoms with Crippen molar-refractivity contribution in [3.8, 4) is 0 Å². The lowest BCUT2D eigenvalue weighted by molar-refractivity contribution is 0.614. The van der Waals surface area contributed by atoms with Crippen LogP contribution in [0, 0.1) is 5.92 Å². The van der Waals surface area contributed by atoms with E-state index in [9.17, 15) is 0 Å². The van der Waals surface area contributed by atoms with E-state index < -0.39 is 0 Å². The van der Waals surface area contributed by atoms with Gasteiger partial charge in [-0.3, -0.25) is 0 Å². The van der Waals surface area contributed by atoms with Crippen LogP contribution in [0.25, 0.3) is 0 Å². The first kappa shape index (κ1) is 11.4. The molecule has 0 fully saturated rings. The smallest absolute Gasteiger partial charge is 0.133 e. The summed E-state index contributed by atoms with van der Waals surface area (Å²) >= 11 is 3.35. The van der Waals surface area contributed by atoms with Crippen LogP contribution in [0.1, 0.15) is 20.8 Å². The zero-order valence-corrected chi connectivity index (χ0v) is 10.5. The Bertz CT molecular complexity index is 288. The fraction of sp³-hybridized carbons (Fsp3) is 0.600. The van der Waals surface area contributed by atoms with E-state index in [0.29, 0.717) is 5.92 Å². The van der Waals surface area contributed by atoms with Gasteiger partial charge in [0.05, 0.1) is 0 Å². The second-order valence-electron chi connectivity index (χ2n) is 3.63. The number of halogens is 1. The van der Waals surface area contributed by atoms with Gasteiger partial charge in [-0.2, -0.15) is 0 Å². The summed E-state index contributed by atoms with van der Waals surface area (Å²) in [5.41, 5.74) is 0. The lowest BCUT2D eigenvalue weighted by Gasteiger charge is -2.23. The molecule has 0 saturated carbocycles. The van der Waals surface area contributed by atoms with Gasteiger partial charge in [0.2, 0.25) is 0 Å². The first-order valence-corrected chi connectivity index (χ1v) is 5.65. The van der Waals surface area contributed by atoms with Crippen molar-refractivity contribution in [2.45, 2.75) is 20.8 Å². The van der Waals surface area contributed by atoms with E-state index in [1.54, 1.807) is 6.33 Å². The van der Waals surface area contributed by atoms with Crippen molar-refractivity contribution in [2.75, 3.05) is 18.0 Å². The molecule has 0 aliphatic heterocycles. The van der Waals surface area contributed by atoms with E-state index in [-0.39, 0.29) is 0 Å². The molecule has 3 nitrogen and oxygen atoms in total. The Kier molecular flexibility index (Phi) is 4.32. The van der Waals surface area contributed by atoms with Crippen LogP contribution in [-0.2, 0) is 0 Å². The number of rotatable bonds is 4. The third-order valence-electron chi connectivity index (χ3n) is 1.91. The summed E-state index contributed by atoms with van der Waals surface area (Å²) < 4.78 is 0.838. The monoisotopic (exact) mass is 257 g/mol. The van der Waals surface area contributed by atoms with Gasteiger partial charge in [-0.15, -0.1) is 0 Å². The topological polar surface area (TPSA) is 29.0 Å². The maximum atomic E-state index is 4.25. The van der Waals surface area contributed by atoms with Crippen LogP contribution < -0.4 is 4.90 Å². The average molecular weight is 258 g/mol. The fourth-order valence-electron chi connectivity index (χ4n) is 1.32. The molecular weight excluding hydrogens is 242 g/mol. The van der Waals surface area contributed by atoms with Crippen LogP contribution in [0.4, 0.5) is 5.82 Å². The third kappa shape index (κ3) is 3.25. The van der Waals surface area contributed by atoms with Crippen molar-refractivity contribution < 1.29 is 0 Å². The van der Waals surface area contributed by atoms with Crippen molar-refractivity contribution >= 4 is 21.7 Å². The lowest BCUT2D eigenvalue weighted by Crippen LogP contribution is -2.28. The number of nitrogens with zero attached hydrogens (tertiary/aromatic N) is 3. The zero-order valence-electron chi connectivity index (χ0n) is 8.87. The van der Waals surface area contributed by atoms with E-state index in [1.165, 1.54) is 0 Å². The molecule has 78 valence electrons. The Morgan fingerprint density at radius 2 is 2.14 bits per heavy atom. The first-order chi connectivity index (χ1) is 6.63. The van der Waals surface area contributed by atoms with Crippen LogP contribution in [0.15, 0.2) is 17.0 Å². The van der Waals surface area contributed by atoms with Crippen LogP contribution in [-0.4, -0.2) is 23.1 Å². The standard InChI is InChI=1S/C10H16BrN3/c1-4-14(6-8(2)3)10-5-9(11)12-7-13-10/h5,7-8H,4,6H2,1-3H3. The second-order valence-corrected chi connectivity index (χ2v) is 4.44. The summed E-state index contributed by atoms with van der Waals surface area (Å²) in [5.74, 6) is 1.63. The highest BCUT2D eigenvalue weighted by molar-refractivity contribution is 9.10. The van der Waals surface area contributed by atoms with Gasteiger partial charge >= 0.3 is 0 Å². The van der Waals surface area contributed by atoms with Gasteiger partial charge in [-0.05, 0) is 28.8 Å². The zero-order chi connectivity index (χ0) is 10.6. The van der Waals surface area contributed by atoms with Crippen LogP contribution in [0.2, 0.25) is 0 Å². The van der Waals surface area contributed by atoms with Gasteiger partial charge in [0, 0.05) is 19.2 Å². The third-order valence-corrected chi connectivity index (χ3v) is 2.34. The van der Waals surface area contributed by atoms with Crippen LogP contribution >= 0.6 is 15.9 Å². The Morgan fingerprint density at radius 3 is 2.64 bits per heavy atom. The minimum atomic E-state index is 0.642. The Labute approximate surface area is 93.7 Å². The fourth-order valence-corrected chi connectivity index (χ4v) is 1.62. The molecule has 0 radical (unpaired) electrons. The molecule has 1 aromatic heterocycles.